The van der Waals surface area contributed by atoms with E-state index in [0.717, 1.165) is 17.1 Å². The van der Waals surface area contributed by atoms with Crippen LogP contribution in [0.2, 0.25) is 0 Å². The summed E-state index contributed by atoms with van der Waals surface area (Å²) >= 11 is 0. The maximum atomic E-state index is 7.70. The Morgan fingerprint density at radius 1 is 1.54 bits per heavy atom. The second kappa shape index (κ2) is 2.52. The van der Waals surface area contributed by atoms with Crippen LogP contribution >= 0.6 is 0 Å². The summed E-state index contributed by atoms with van der Waals surface area (Å²) in [5, 5.41) is 19.8. The van der Waals surface area contributed by atoms with Crippen LogP contribution in [0.25, 0.3) is 12.2 Å². The lowest BCUT2D eigenvalue weighted by atomic mass is 9.88. The Kier molecular flexibility index (Phi) is 1.58. The smallest absolute Gasteiger partial charge is 0.109 e. The summed E-state index contributed by atoms with van der Waals surface area (Å²) in [6.45, 7) is 4.19. The Morgan fingerprint density at radius 2 is 2.31 bits per heavy atom. The molecule has 0 fully saturated rings. The highest BCUT2D eigenvalue weighted by molar-refractivity contribution is 6.08. The lowest BCUT2D eigenvalue weighted by molar-refractivity contribution is 0.542. The van der Waals surface area contributed by atoms with Gasteiger partial charge in [-0.1, -0.05) is 19.1 Å². The maximum Gasteiger partial charge on any atom is 0.109 e. The topological polar surface area (TPSA) is 65.4 Å². The highest BCUT2D eigenvalue weighted by Gasteiger charge is 2.18. The van der Waals surface area contributed by atoms with Crippen molar-refractivity contribution in [3.05, 3.63) is 10.7 Å². The fourth-order valence-electron chi connectivity index (χ4n) is 1.59. The van der Waals surface area contributed by atoms with Crippen LogP contribution in [0.3, 0.4) is 0 Å². The fourth-order valence-corrected chi connectivity index (χ4v) is 1.59. The van der Waals surface area contributed by atoms with Gasteiger partial charge in [-0.05, 0) is 24.0 Å². The SMILES string of the molecule is CC1(C)C=c2nn[nH]c2=CC(=N)C1. The first kappa shape index (κ1) is 8.16. The van der Waals surface area contributed by atoms with Crippen molar-refractivity contribution < 1.29 is 0 Å². The van der Waals surface area contributed by atoms with Crippen LogP contribution in [-0.4, -0.2) is 21.1 Å². The number of nitrogens with zero attached hydrogens (tertiary/aromatic N) is 2. The zero-order valence-corrected chi connectivity index (χ0v) is 7.76. The van der Waals surface area contributed by atoms with E-state index in [1.807, 2.05) is 0 Å². The summed E-state index contributed by atoms with van der Waals surface area (Å²) in [6, 6.07) is 0. The molecule has 0 amide bonds. The molecule has 0 radical (unpaired) electrons. The summed E-state index contributed by atoms with van der Waals surface area (Å²) < 4.78 is 0. The molecule has 1 aromatic rings. The number of nitrogens with one attached hydrogen (secondary N) is 2. The first-order valence-electron chi connectivity index (χ1n) is 4.26. The van der Waals surface area contributed by atoms with Gasteiger partial charge in [-0.2, -0.15) is 0 Å². The lowest BCUT2D eigenvalue weighted by Gasteiger charge is -2.17. The van der Waals surface area contributed by atoms with Crippen molar-refractivity contribution in [1.29, 1.82) is 5.41 Å². The molecule has 1 aliphatic rings. The summed E-state index contributed by atoms with van der Waals surface area (Å²) in [4.78, 5) is 0. The minimum absolute atomic E-state index is 0.00426. The summed E-state index contributed by atoms with van der Waals surface area (Å²) in [6.07, 6.45) is 4.60. The zero-order chi connectivity index (χ0) is 9.47. The summed E-state index contributed by atoms with van der Waals surface area (Å²) in [7, 11) is 0. The molecule has 0 aromatic carbocycles. The molecule has 4 nitrogen and oxygen atoms in total. The van der Waals surface area contributed by atoms with Crippen molar-refractivity contribution in [3.63, 3.8) is 0 Å². The molecule has 0 saturated heterocycles. The van der Waals surface area contributed by atoms with Crippen molar-refractivity contribution in [2.75, 3.05) is 0 Å². The van der Waals surface area contributed by atoms with E-state index < -0.39 is 0 Å². The molecular weight excluding hydrogens is 164 g/mol. The van der Waals surface area contributed by atoms with Gasteiger partial charge in [-0.25, -0.2) is 0 Å². The average Bonchev–Trinajstić information content (AvgIpc) is 2.30. The molecule has 13 heavy (non-hydrogen) atoms. The molecule has 0 aliphatic heterocycles. The Labute approximate surface area is 75.9 Å². The number of fused-ring (bicyclic) bond motifs is 1. The van der Waals surface area contributed by atoms with Crippen LogP contribution in [0.4, 0.5) is 0 Å². The van der Waals surface area contributed by atoms with Crippen molar-refractivity contribution in [2.24, 2.45) is 5.41 Å². The van der Waals surface area contributed by atoms with Gasteiger partial charge in [0.1, 0.15) is 5.35 Å². The van der Waals surface area contributed by atoms with Crippen LogP contribution in [0, 0.1) is 10.8 Å². The van der Waals surface area contributed by atoms with Crippen LogP contribution in [0.1, 0.15) is 20.3 Å². The Balaban J connectivity index is 2.74. The predicted octanol–water partition coefficient (Wildman–Crippen LogP) is -0.185. The largest absolute Gasteiger partial charge is 0.305 e. The highest BCUT2D eigenvalue weighted by atomic mass is 15.3. The molecule has 2 N–H and O–H groups in total. The predicted molar refractivity (Wildman–Crippen MR) is 50.7 cm³/mol. The molecule has 4 heteroatoms. The number of H-pyrrole nitrogens is 1. The molecule has 2 rings (SSSR count). The van der Waals surface area contributed by atoms with Crippen molar-refractivity contribution in [3.8, 4) is 0 Å². The number of aromatic nitrogens is 3. The van der Waals surface area contributed by atoms with Gasteiger partial charge in [0.15, 0.2) is 0 Å². The Morgan fingerprint density at radius 3 is 3.08 bits per heavy atom. The molecule has 68 valence electrons. The fraction of sp³-hybridized carbons (Fsp3) is 0.444. The van der Waals surface area contributed by atoms with E-state index >= 15 is 0 Å². The van der Waals surface area contributed by atoms with E-state index in [2.05, 4.69) is 35.3 Å². The third-order valence-corrected chi connectivity index (χ3v) is 2.10. The summed E-state index contributed by atoms with van der Waals surface area (Å²) in [5.41, 5.74) is 0.612. The van der Waals surface area contributed by atoms with Gasteiger partial charge in [0.2, 0.25) is 0 Å². The molecule has 0 atom stereocenters. The van der Waals surface area contributed by atoms with Crippen LogP contribution in [0.15, 0.2) is 0 Å². The lowest BCUT2D eigenvalue weighted by Crippen LogP contribution is -2.25. The zero-order valence-electron chi connectivity index (χ0n) is 7.76. The van der Waals surface area contributed by atoms with Gasteiger partial charge in [-0.15, -0.1) is 5.10 Å². The molecule has 1 aromatic heterocycles. The van der Waals surface area contributed by atoms with Crippen molar-refractivity contribution >= 4 is 17.9 Å². The third kappa shape index (κ3) is 1.52. The maximum absolute atomic E-state index is 7.70. The van der Waals surface area contributed by atoms with E-state index in [1.165, 1.54) is 0 Å². The van der Waals surface area contributed by atoms with Crippen LogP contribution in [-0.2, 0) is 0 Å². The standard InChI is InChI=1S/C9H12N4/c1-9(2)4-6(10)3-7-8(5-9)12-13-11-7/h3,5,10H,4H2,1-2H3,(H,11,12). The second-order valence-corrected chi connectivity index (χ2v) is 4.09. The molecule has 0 unspecified atom stereocenters. The second-order valence-electron chi connectivity index (χ2n) is 4.09. The van der Waals surface area contributed by atoms with Crippen LogP contribution < -0.4 is 10.7 Å². The molecule has 0 spiro atoms. The monoisotopic (exact) mass is 176 g/mol. The Hall–Kier alpha value is -1.45. The van der Waals surface area contributed by atoms with Gasteiger partial charge < -0.3 is 5.41 Å². The molecule has 0 bridgehead atoms. The van der Waals surface area contributed by atoms with E-state index in [9.17, 15) is 0 Å². The van der Waals surface area contributed by atoms with E-state index in [0.29, 0.717) is 5.71 Å². The minimum atomic E-state index is -0.00426. The highest BCUT2D eigenvalue weighted by Crippen LogP contribution is 2.23. The first-order valence-corrected chi connectivity index (χ1v) is 4.26. The van der Waals surface area contributed by atoms with Gasteiger partial charge in [-0.3, -0.25) is 5.10 Å². The van der Waals surface area contributed by atoms with E-state index in [4.69, 9.17) is 5.41 Å². The number of aromatic amines is 1. The van der Waals surface area contributed by atoms with Crippen molar-refractivity contribution in [2.45, 2.75) is 20.3 Å². The summed E-state index contributed by atoms with van der Waals surface area (Å²) in [5.74, 6) is 0. The quantitative estimate of drug-likeness (QED) is 0.575. The van der Waals surface area contributed by atoms with Crippen molar-refractivity contribution in [1.82, 2.24) is 15.4 Å². The molecule has 1 heterocycles. The van der Waals surface area contributed by atoms with Gasteiger partial charge in [0.05, 0.1) is 5.35 Å². The number of rotatable bonds is 0. The van der Waals surface area contributed by atoms with E-state index in [1.54, 1.807) is 6.08 Å². The van der Waals surface area contributed by atoms with Crippen LogP contribution in [0.5, 0.6) is 0 Å². The number of hydrogen-bond donors (Lipinski definition) is 2. The Bertz CT molecular complexity index is 452. The first-order chi connectivity index (χ1) is 6.07. The number of hydrogen-bond acceptors (Lipinski definition) is 3. The molecular formula is C9H12N4. The molecule has 0 saturated carbocycles. The van der Waals surface area contributed by atoms with Gasteiger partial charge in [0.25, 0.3) is 0 Å². The van der Waals surface area contributed by atoms with Gasteiger partial charge in [0, 0.05) is 5.71 Å². The minimum Gasteiger partial charge on any atom is -0.305 e. The molecule has 1 aliphatic carbocycles. The normalized spacial score (nSPS) is 19.7. The third-order valence-electron chi connectivity index (χ3n) is 2.10. The van der Waals surface area contributed by atoms with E-state index in [-0.39, 0.29) is 5.41 Å². The average molecular weight is 176 g/mol. The van der Waals surface area contributed by atoms with Gasteiger partial charge >= 0.3 is 0 Å².